The Morgan fingerprint density at radius 3 is 2.63 bits per heavy atom. The molecule has 1 amide bonds. The Kier molecular flexibility index (Phi) is 3.66. The molecule has 0 fully saturated rings. The third-order valence-electron chi connectivity index (χ3n) is 2.63. The molecule has 4 nitrogen and oxygen atoms in total. The molecule has 0 aliphatic rings. The molecule has 2 aromatic rings. The van der Waals surface area contributed by atoms with Gasteiger partial charge >= 0.3 is 0 Å². The lowest BCUT2D eigenvalue weighted by Gasteiger charge is -2.10. The summed E-state index contributed by atoms with van der Waals surface area (Å²) in [6.45, 7) is -0.0266. The molecule has 0 bridgehead atoms. The van der Waals surface area contributed by atoms with E-state index in [0.29, 0.717) is 11.4 Å². The van der Waals surface area contributed by atoms with E-state index in [9.17, 15) is 9.18 Å². The number of halogens is 1. The number of hydrogen-bond donors (Lipinski definition) is 2. The first kappa shape index (κ1) is 12.9. The third-order valence-corrected chi connectivity index (χ3v) is 2.63. The van der Waals surface area contributed by atoms with Crippen LogP contribution in [-0.2, 0) is 6.61 Å². The van der Waals surface area contributed by atoms with Crippen molar-refractivity contribution in [2.24, 2.45) is 5.73 Å². The van der Waals surface area contributed by atoms with E-state index >= 15 is 0 Å². The number of benzene rings is 2. The quantitative estimate of drug-likeness (QED) is 0.826. The lowest BCUT2D eigenvalue weighted by Crippen LogP contribution is -2.12. The van der Waals surface area contributed by atoms with Crippen molar-refractivity contribution in [1.82, 2.24) is 0 Å². The van der Waals surface area contributed by atoms with Crippen LogP contribution in [0, 0.1) is 5.82 Å². The lowest BCUT2D eigenvalue weighted by atomic mass is 10.1. The summed E-state index contributed by atoms with van der Waals surface area (Å²) in [6, 6.07) is 10.8. The molecule has 0 spiro atoms. The standard InChI is InChI=1S/C14H13FN2O2/c15-11-6-5-9(14(17)18)7-10(11)8-19-13-4-2-1-3-12(13)16/h1-7H,8,16H2,(H2,17,18). The summed E-state index contributed by atoms with van der Waals surface area (Å²) in [5, 5.41) is 0. The minimum Gasteiger partial charge on any atom is -0.487 e. The second-order valence-electron chi connectivity index (χ2n) is 4.00. The van der Waals surface area contributed by atoms with Crippen molar-refractivity contribution in [3.05, 3.63) is 59.4 Å². The maximum Gasteiger partial charge on any atom is 0.248 e. The van der Waals surface area contributed by atoms with Gasteiger partial charge in [0.25, 0.3) is 0 Å². The van der Waals surface area contributed by atoms with Gasteiger partial charge in [-0.25, -0.2) is 4.39 Å². The van der Waals surface area contributed by atoms with Crippen LogP contribution in [0.3, 0.4) is 0 Å². The fourth-order valence-electron chi connectivity index (χ4n) is 1.61. The molecule has 2 aromatic carbocycles. The second-order valence-corrected chi connectivity index (χ2v) is 4.00. The van der Waals surface area contributed by atoms with Gasteiger partial charge in [-0.1, -0.05) is 12.1 Å². The van der Waals surface area contributed by atoms with E-state index in [-0.39, 0.29) is 17.7 Å². The lowest BCUT2D eigenvalue weighted by molar-refractivity contribution is 0.1000. The largest absolute Gasteiger partial charge is 0.487 e. The number of nitrogens with two attached hydrogens (primary N) is 2. The number of para-hydroxylation sites is 2. The first-order chi connectivity index (χ1) is 9.08. The van der Waals surface area contributed by atoms with Gasteiger partial charge in [0.15, 0.2) is 0 Å². The van der Waals surface area contributed by atoms with Crippen LogP contribution in [0.4, 0.5) is 10.1 Å². The molecular weight excluding hydrogens is 247 g/mol. The summed E-state index contributed by atoms with van der Waals surface area (Å²) in [6.07, 6.45) is 0. The normalized spacial score (nSPS) is 10.2. The topological polar surface area (TPSA) is 78.3 Å². The van der Waals surface area contributed by atoms with Crippen molar-refractivity contribution < 1.29 is 13.9 Å². The molecule has 0 atom stereocenters. The van der Waals surface area contributed by atoms with Crippen molar-refractivity contribution >= 4 is 11.6 Å². The average molecular weight is 260 g/mol. The zero-order valence-electron chi connectivity index (χ0n) is 10.1. The van der Waals surface area contributed by atoms with Gasteiger partial charge in [0, 0.05) is 11.1 Å². The zero-order valence-corrected chi connectivity index (χ0v) is 10.1. The van der Waals surface area contributed by atoms with Crippen LogP contribution in [0.25, 0.3) is 0 Å². The highest BCUT2D eigenvalue weighted by Gasteiger charge is 2.08. The fraction of sp³-hybridized carbons (Fsp3) is 0.0714. The van der Waals surface area contributed by atoms with Gasteiger partial charge in [-0.05, 0) is 30.3 Å². The predicted molar refractivity (Wildman–Crippen MR) is 70.1 cm³/mol. The predicted octanol–water partition coefficient (Wildman–Crippen LogP) is 2.09. The first-order valence-electron chi connectivity index (χ1n) is 5.63. The molecule has 0 aliphatic heterocycles. The Morgan fingerprint density at radius 2 is 1.95 bits per heavy atom. The second kappa shape index (κ2) is 5.39. The summed E-state index contributed by atoms with van der Waals surface area (Å²) in [7, 11) is 0. The van der Waals surface area contributed by atoms with E-state index < -0.39 is 11.7 Å². The molecule has 0 unspecified atom stereocenters. The Morgan fingerprint density at radius 1 is 1.21 bits per heavy atom. The van der Waals surface area contributed by atoms with Crippen LogP contribution in [0.1, 0.15) is 15.9 Å². The Hall–Kier alpha value is -2.56. The highest BCUT2D eigenvalue weighted by atomic mass is 19.1. The van der Waals surface area contributed by atoms with Crippen molar-refractivity contribution in [1.29, 1.82) is 0 Å². The molecule has 19 heavy (non-hydrogen) atoms. The number of amides is 1. The Labute approximate surface area is 109 Å². The van der Waals surface area contributed by atoms with Crippen LogP contribution in [0.5, 0.6) is 5.75 Å². The van der Waals surface area contributed by atoms with Gasteiger partial charge in [-0.3, -0.25) is 4.79 Å². The van der Waals surface area contributed by atoms with Crippen LogP contribution in [0.2, 0.25) is 0 Å². The molecule has 98 valence electrons. The van der Waals surface area contributed by atoms with E-state index in [0.717, 1.165) is 0 Å². The number of carbonyl (C=O) groups is 1. The van der Waals surface area contributed by atoms with Gasteiger partial charge in [0.1, 0.15) is 18.2 Å². The monoisotopic (exact) mass is 260 g/mol. The molecule has 0 aromatic heterocycles. The molecule has 4 N–H and O–H groups in total. The molecule has 5 heteroatoms. The van der Waals surface area contributed by atoms with Crippen molar-refractivity contribution in [2.45, 2.75) is 6.61 Å². The molecule has 0 saturated carbocycles. The average Bonchev–Trinajstić information content (AvgIpc) is 2.39. The van der Waals surface area contributed by atoms with Gasteiger partial charge in [-0.15, -0.1) is 0 Å². The zero-order chi connectivity index (χ0) is 13.8. The summed E-state index contributed by atoms with van der Waals surface area (Å²) in [5.74, 6) is -0.605. The third kappa shape index (κ3) is 3.01. The van der Waals surface area contributed by atoms with Crippen molar-refractivity contribution in [2.75, 3.05) is 5.73 Å². The van der Waals surface area contributed by atoms with Crippen molar-refractivity contribution in [3.63, 3.8) is 0 Å². The number of anilines is 1. The van der Waals surface area contributed by atoms with Crippen LogP contribution in [0.15, 0.2) is 42.5 Å². The molecule has 0 heterocycles. The molecule has 0 radical (unpaired) electrons. The van der Waals surface area contributed by atoms with Crippen molar-refractivity contribution in [3.8, 4) is 5.75 Å². The van der Waals surface area contributed by atoms with E-state index in [1.165, 1.54) is 18.2 Å². The highest BCUT2D eigenvalue weighted by molar-refractivity contribution is 5.92. The van der Waals surface area contributed by atoms with E-state index in [2.05, 4.69) is 0 Å². The highest BCUT2D eigenvalue weighted by Crippen LogP contribution is 2.22. The fourth-order valence-corrected chi connectivity index (χ4v) is 1.61. The van der Waals surface area contributed by atoms with Crippen LogP contribution < -0.4 is 16.2 Å². The van der Waals surface area contributed by atoms with Gasteiger partial charge in [0.05, 0.1) is 5.69 Å². The van der Waals surface area contributed by atoms with E-state index in [4.69, 9.17) is 16.2 Å². The molecular formula is C14H13FN2O2. The number of primary amides is 1. The summed E-state index contributed by atoms with van der Waals surface area (Å²) in [5.41, 5.74) is 11.8. The molecule has 0 saturated heterocycles. The number of carbonyl (C=O) groups excluding carboxylic acids is 1. The van der Waals surface area contributed by atoms with E-state index in [1.54, 1.807) is 24.3 Å². The number of rotatable bonds is 4. The molecule has 2 rings (SSSR count). The van der Waals surface area contributed by atoms with Gasteiger partial charge < -0.3 is 16.2 Å². The maximum atomic E-state index is 13.6. The minimum atomic E-state index is -0.611. The Balaban J connectivity index is 2.17. The number of nitrogen functional groups attached to an aromatic ring is 1. The Bertz CT molecular complexity index is 614. The minimum absolute atomic E-state index is 0.0266. The summed E-state index contributed by atoms with van der Waals surface area (Å²) < 4.78 is 19.0. The first-order valence-corrected chi connectivity index (χ1v) is 5.63. The molecule has 0 aliphatic carbocycles. The van der Waals surface area contributed by atoms with Crippen LogP contribution >= 0.6 is 0 Å². The van der Waals surface area contributed by atoms with Gasteiger partial charge in [0.2, 0.25) is 5.91 Å². The smallest absolute Gasteiger partial charge is 0.248 e. The number of ether oxygens (including phenoxy) is 1. The maximum absolute atomic E-state index is 13.6. The van der Waals surface area contributed by atoms with Gasteiger partial charge in [-0.2, -0.15) is 0 Å². The summed E-state index contributed by atoms with van der Waals surface area (Å²) >= 11 is 0. The SMILES string of the molecule is NC(=O)c1ccc(F)c(COc2ccccc2N)c1. The van der Waals surface area contributed by atoms with Crippen LogP contribution in [-0.4, -0.2) is 5.91 Å². The summed E-state index contributed by atoms with van der Waals surface area (Å²) in [4.78, 5) is 11.0. The number of hydrogen-bond acceptors (Lipinski definition) is 3. The van der Waals surface area contributed by atoms with E-state index in [1.807, 2.05) is 0 Å².